The molecule has 3 aliphatic carbocycles. The molecule has 0 radical (unpaired) electrons. The minimum Gasteiger partial charge on any atom is -0.252 e. The van der Waals surface area contributed by atoms with Crippen molar-refractivity contribution >= 4 is 0 Å². The van der Waals surface area contributed by atoms with Gasteiger partial charge in [-0.2, -0.15) is 5.26 Å². The van der Waals surface area contributed by atoms with Gasteiger partial charge in [0.15, 0.2) is 0 Å². The number of nitrogens with zero attached hydrogens (tertiary/aromatic N) is 2. The molecule has 0 aromatic carbocycles. The molecule has 0 bridgehead atoms. The van der Waals surface area contributed by atoms with Crippen LogP contribution in [0.5, 0.6) is 0 Å². The number of hydrogen-bond donors (Lipinski definition) is 1. The van der Waals surface area contributed by atoms with Gasteiger partial charge in [-0.1, -0.05) is 51.4 Å². The molecule has 3 heteroatoms. The van der Waals surface area contributed by atoms with Gasteiger partial charge in [-0.25, -0.2) is 5.01 Å². The Balaban J connectivity index is 1.24. The van der Waals surface area contributed by atoms with Crippen LogP contribution in [0, 0.1) is 40.9 Å². The van der Waals surface area contributed by atoms with Gasteiger partial charge in [-0.3, -0.25) is 5.43 Å². The summed E-state index contributed by atoms with van der Waals surface area (Å²) in [4.78, 5) is 0. The molecule has 5 atom stereocenters. The summed E-state index contributed by atoms with van der Waals surface area (Å²) in [5, 5.41) is 11.8. The molecule has 0 aromatic heterocycles. The van der Waals surface area contributed by atoms with Crippen LogP contribution in [-0.2, 0) is 0 Å². The minimum absolute atomic E-state index is 0.321. The Morgan fingerprint density at radius 2 is 1.54 bits per heavy atom. The number of rotatable bonds is 4. The predicted molar refractivity (Wildman–Crippen MR) is 106 cm³/mol. The van der Waals surface area contributed by atoms with Crippen LogP contribution >= 0.6 is 0 Å². The van der Waals surface area contributed by atoms with Gasteiger partial charge in [-0.15, -0.1) is 0 Å². The van der Waals surface area contributed by atoms with E-state index >= 15 is 0 Å². The third kappa shape index (κ3) is 4.63. The largest absolute Gasteiger partial charge is 0.252 e. The van der Waals surface area contributed by atoms with Crippen molar-refractivity contribution in [3.63, 3.8) is 0 Å². The quantitative estimate of drug-likeness (QED) is 0.744. The molecule has 4 rings (SSSR count). The van der Waals surface area contributed by atoms with Crippen LogP contribution in [0.1, 0.15) is 89.9 Å². The Hall–Kier alpha value is -0.590. The maximum absolute atomic E-state index is 9.23. The summed E-state index contributed by atoms with van der Waals surface area (Å²) in [6.07, 6.45) is 19.6. The van der Waals surface area contributed by atoms with Crippen LogP contribution in [0.25, 0.3) is 0 Å². The van der Waals surface area contributed by atoms with Gasteiger partial charge in [0, 0.05) is 25.0 Å². The second kappa shape index (κ2) is 9.07. The molecule has 1 aliphatic heterocycles. The fraction of sp³-hybridized carbons (Fsp3) is 0.957. The normalized spacial score (nSPS) is 40.3. The molecule has 1 heterocycles. The highest BCUT2D eigenvalue weighted by atomic mass is 15.5. The van der Waals surface area contributed by atoms with Gasteiger partial charge in [0.05, 0.1) is 6.07 Å². The third-order valence-electron chi connectivity index (χ3n) is 8.14. The minimum atomic E-state index is 0.321. The number of hydrazine groups is 1. The fourth-order valence-electron chi connectivity index (χ4n) is 6.70. The van der Waals surface area contributed by atoms with E-state index in [1.54, 1.807) is 0 Å². The van der Waals surface area contributed by atoms with Crippen LogP contribution in [-0.4, -0.2) is 24.1 Å². The van der Waals surface area contributed by atoms with Crippen LogP contribution in [0.3, 0.4) is 0 Å². The molecular formula is C23H39N3. The molecule has 26 heavy (non-hydrogen) atoms. The smallest absolute Gasteiger partial charge is 0.0655 e. The Morgan fingerprint density at radius 1 is 0.769 bits per heavy atom. The van der Waals surface area contributed by atoms with Crippen LogP contribution in [0.15, 0.2) is 0 Å². The van der Waals surface area contributed by atoms with Crippen molar-refractivity contribution in [2.45, 2.75) is 95.9 Å². The molecule has 0 aromatic rings. The second-order valence-corrected chi connectivity index (χ2v) is 9.91. The maximum Gasteiger partial charge on any atom is 0.0655 e. The summed E-state index contributed by atoms with van der Waals surface area (Å²) in [5.41, 5.74) is 3.91. The third-order valence-corrected chi connectivity index (χ3v) is 8.14. The Kier molecular flexibility index (Phi) is 6.54. The Bertz CT molecular complexity index is 478. The summed E-state index contributed by atoms with van der Waals surface area (Å²) >= 11 is 0. The monoisotopic (exact) mass is 357 g/mol. The second-order valence-electron chi connectivity index (χ2n) is 9.91. The summed E-state index contributed by atoms with van der Waals surface area (Å²) in [5.74, 6) is 4.05. The summed E-state index contributed by atoms with van der Waals surface area (Å²) in [6, 6.07) is 3.25. The van der Waals surface area contributed by atoms with Crippen molar-refractivity contribution in [3.8, 4) is 6.07 Å². The predicted octanol–water partition coefficient (Wildman–Crippen LogP) is 5.28. The van der Waals surface area contributed by atoms with Crippen molar-refractivity contribution < 1.29 is 0 Å². The summed E-state index contributed by atoms with van der Waals surface area (Å²) in [6.45, 7) is 2.40. The van der Waals surface area contributed by atoms with Crippen LogP contribution < -0.4 is 5.43 Å². The lowest BCUT2D eigenvalue weighted by Crippen LogP contribution is -2.43. The molecule has 5 unspecified atom stereocenters. The highest BCUT2D eigenvalue weighted by Gasteiger charge is 2.36. The number of nitrogens with one attached hydrogen (secondary N) is 1. The van der Waals surface area contributed by atoms with Crippen molar-refractivity contribution in [1.82, 2.24) is 10.4 Å². The van der Waals surface area contributed by atoms with Gasteiger partial charge >= 0.3 is 0 Å². The van der Waals surface area contributed by atoms with E-state index in [-0.39, 0.29) is 0 Å². The van der Waals surface area contributed by atoms with Crippen molar-refractivity contribution in [3.05, 3.63) is 0 Å². The lowest BCUT2D eigenvalue weighted by Gasteiger charge is -2.39. The molecule has 1 saturated heterocycles. The Morgan fingerprint density at radius 3 is 2.38 bits per heavy atom. The fourth-order valence-corrected chi connectivity index (χ4v) is 6.70. The molecule has 146 valence electrons. The molecular weight excluding hydrogens is 318 g/mol. The average molecular weight is 358 g/mol. The molecule has 0 amide bonds. The molecule has 4 aliphatic rings. The summed E-state index contributed by atoms with van der Waals surface area (Å²) < 4.78 is 0. The summed E-state index contributed by atoms with van der Waals surface area (Å²) in [7, 11) is 0. The highest BCUT2D eigenvalue weighted by Crippen LogP contribution is 2.42. The van der Waals surface area contributed by atoms with Crippen molar-refractivity contribution in [2.24, 2.45) is 29.6 Å². The van der Waals surface area contributed by atoms with Gasteiger partial charge in [0.2, 0.25) is 0 Å². The standard InChI is InChI=1S/C23H39N3/c24-16-18-6-4-7-19(14-18)17-26-13-12-23(25-26)22-11-5-10-21(15-22)20-8-2-1-3-9-20/h18-23,25H,1-15,17H2. The molecule has 1 N–H and O–H groups in total. The van der Waals surface area contributed by atoms with E-state index in [0.717, 1.165) is 42.6 Å². The van der Waals surface area contributed by atoms with E-state index in [9.17, 15) is 5.26 Å². The number of nitriles is 1. The Labute approximate surface area is 160 Å². The number of hydrogen-bond acceptors (Lipinski definition) is 3. The van der Waals surface area contributed by atoms with E-state index in [1.807, 2.05) is 0 Å². The average Bonchev–Trinajstić information content (AvgIpc) is 3.17. The van der Waals surface area contributed by atoms with E-state index in [2.05, 4.69) is 16.5 Å². The first kappa shape index (κ1) is 18.8. The topological polar surface area (TPSA) is 39.1 Å². The van der Waals surface area contributed by atoms with Crippen LogP contribution in [0.4, 0.5) is 0 Å². The first-order valence-corrected chi connectivity index (χ1v) is 11.7. The van der Waals surface area contributed by atoms with Gasteiger partial charge in [-0.05, 0) is 62.2 Å². The first-order chi connectivity index (χ1) is 12.8. The van der Waals surface area contributed by atoms with Crippen molar-refractivity contribution in [1.29, 1.82) is 5.26 Å². The van der Waals surface area contributed by atoms with E-state index in [1.165, 1.54) is 90.1 Å². The highest BCUT2D eigenvalue weighted by molar-refractivity contribution is 4.91. The molecule has 0 spiro atoms. The SMILES string of the molecule is N#CC1CCCC(CN2CCC(C3CCCC(C4CCCCC4)C3)N2)C1. The van der Waals surface area contributed by atoms with Crippen LogP contribution in [0.2, 0.25) is 0 Å². The zero-order chi connectivity index (χ0) is 17.8. The zero-order valence-electron chi connectivity index (χ0n) is 16.7. The lowest BCUT2D eigenvalue weighted by molar-refractivity contribution is 0.115. The van der Waals surface area contributed by atoms with Gasteiger partial charge in [0.1, 0.15) is 0 Å². The van der Waals surface area contributed by atoms with Crippen molar-refractivity contribution in [2.75, 3.05) is 13.1 Å². The maximum atomic E-state index is 9.23. The molecule has 3 nitrogen and oxygen atoms in total. The van der Waals surface area contributed by atoms with Gasteiger partial charge in [0.25, 0.3) is 0 Å². The lowest BCUT2D eigenvalue weighted by atomic mass is 9.69. The van der Waals surface area contributed by atoms with Gasteiger partial charge < -0.3 is 0 Å². The molecule has 4 fully saturated rings. The zero-order valence-corrected chi connectivity index (χ0v) is 16.7. The first-order valence-electron chi connectivity index (χ1n) is 11.7. The van der Waals surface area contributed by atoms with E-state index in [0.29, 0.717) is 5.92 Å². The van der Waals surface area contributed by atoms with E-state index < -0.39 is 0 Å². The van der Waals surface area contributed by atoms with E-state index in [4.69, 9.17) is 0 Å². The molecule has 3 saturated carbocycles.